The lowest BCUT2D eigenvalue weighted by Gasteiger charge is -2.62. The molecule has 3 nitrogen and oxygen atoms in total. The molecule has 1 aliphatic heterocycles. The molecule has 0 bridgehead atoms. The van der Waals surface area contributed by atoms with E-state index in [1.807, 2.05) is 0 Å². The summed E-state index contributed by atoms with van der Waals surface area (Å²) in [6, 6.07) is 0. The fourth-order valence-corrected chi connectivity index (χ4v) is 5.30. The molecule has 0 aromatic heterocycles. The molecule has 0 radical (unpaired) electrons. The molecule has 3 heteroatoms. The first kappa shape index (κ1) is 18.5. The Bertz CT molecular complexity index is 488. The monoisotopic (exact) mass is 321 g/mol. The van der Waals surface area contributed by atoms with Crippen molar-refractivity contribution in [3.63, 3.8) is 0 Å². The van der Waals surface area contributed by atoms with Gasteiger partial charge in [-0.1, -0.05) is 32.9 Å². The molecule has 0 saturated carbocycles. The van der Waals surface area contributed by atoms with E-state index < -0.39 is 11.4 Å². The lowest BCUT2D eigenvalue weighted by atomic mass is 9.53. The minimum absolute atomic E-state index is 0.0529. The fourth-order valence-electron chi connectivity index (χ4n) is 5.30. The molecule has 1 aliphatic carbocycles. The molecule has 2 rings (SSSR count). The summed E-state index contributed by atoms with van der Waals surface area (Å²) in [5.41, 5.74) is -0.453. The number of carboxylic acids is 1. The highest BCUT2D eigenvalue weighted by atomic mass is 16.4. The van der Waals surface area contributed by atoms with E-state index in [0.29, 0.717) is 12.3 Å². The molecule has 0 aromatic rings. The highest BCUT2D eigenvalue weighted by Crippen LogP contribution is 2.56. The zero-order valence-electron chi connectivity index (χ0n) is 15.9. The topological polar surface area (TPSA) is 40.5 Å². The maximum absolute atomic E-state index is 12.4. The van der Waals surface area contributed by atoms with Gasteiger partial charge in [0.25, 0.3) is 0 Å². The van der Waals surface area contributed by atoms with Crippen LogP contribution in [0.2, 0.25) is 0 Å². The summed E-state index contributed by atoms with van der Waals surface area (Å²) in [6.45, 7) is 11.5. The van der Waals surface area contributed by atoms with Crippen LogP contribution in [0, 0.1) is 17.3 Å². The largest absolute Gasteiger partial charge is 0.481 e. The Balaban J connectivity index is 2.52. The Kier molecular flexibility index (Phi) is 5.02. The van der Waals surface area contributed by atoms with Gasteiger partial charge in [0.2, 0.25) is 0 Å². The summed E-state index contributed by atoms with van der Waals surface area (Å²) in [6.07, 6.45) is 9.75. The van der Waals surface area contributed by atoms with E-state index in [-0.39, 0.29) is 17.0 Å². The molecule has 5 unspecified atom stereocenters. The summed E-state index contributed by atoms with van der Waals surface area (Å²) >= 11 is 0. The molecular formula is C20H35NO2. The number of allylic oxidation sites excluding steroid dienone is 2. The van der Waals surface area contributed by atoms with Crippen molar-refractivity contribution < 1.29 is 9.90 Å². The van der Waals surface area contributed by atoms with Crippen molar-refractivity contribution in [1.29, 1.82) is 0 Å². The summed E-state index contributed by atoms with van der Waals surface area (Å²) < 4.78 is 0. The predicted molar refractivity (Wildman–Crippen MR) is 95.5 cm³/mol. The zero-order valence-corrected chi connectivity index (χ0v) is 15.9. The van der Waals surface area contributed by atoms with Crippen molar-refractivity contribution in [2.24, 2.45) is 17.3 Å². The van der Waals surface area contributed by atoms with E-state index in [0.717, 1.165) is 32.1 Å². The first-order chi connectivity index (χ1) is 10.7. The maximum atomic E-state index is 12.4. The molecule has 1 N–H and O–H groups in total. The van der Waals surface area contributed by atoms with Crippen molar-refractivity contribution in [1.82, 2.24) is 4.90 Å². The molecule has 2 aliphatic rings. The lowest BCUT2D eigenvalue weighted by Crippen LogP contribution is -2.67. The van der Waals surface area contributed by atoms with Gasteiger partial charge in [0, 0.05) is 11.1 Å². The SMILES string of the molecule is CCC1(C)CC(C2(C(=O)O)CC=CCC2)C(C)C(C)(CC)N1C. The lowest BCUT2D eigenvalue weighted by molar-refractivity contribution is -0.170. The second-order valence-corrected chi connectivity index (χ2v) is 8.40. The van der Waals surface area contributed by atoms with Crippen molar-refractivity contribution >= 4 is 5.97 Å². The fraction of sp³-hybridized carbons (Fsp3) is 0.850. The van der Waals surface area contributed by atoms with E-state index in [1.54, 1.807) is 0 Å². The number of carbonyl (C=O) groups is 1. The maximum Gasteiger partial charge on any atom is 0.310 e. The molecule has 0 spiro atoms. The van der Waals surface area contributed by atoms with Crippen molar-refractivity contribution in [3.05, 3.63) is 12.2 Å². The Labute approximate surface area is 142 Å². The van der Waals surface area contributed by atoms with Gasteiger partial charge in [0.05, 0.1) is 5.41 Å². The molecule has 23 heavy (non-hydrogen) atoms. The van der Waals surface area contributed by atoms with Crippen LogP contribution in [0.1, 0.15) is 73.1 Å². The third kappa shape index (κ3) is 2.65. The average Bonchev–Trinajstić information content (AvgIpc) is 2.56. The van der Waals surface area contributed by atoms with Gasteiger partial charge in [0.15, 0.2) is 0 Å². The van der Waals surface area contributed by atoms with Crippen LogP contribution in [0.4, 0.5) is 0 Å². The van der Waals surface area contributed by atoms with Gasteiger partial charge in [-0.15, -0.1) is 0 Å². The Morgan fingerprint density at radius 2 is 1.91 bits per heavy atom. The molecule has 1 saturated heterocycles. The number of rotatable bonds is 4. The van der Waals surface area contributed by atoms with Crippen LogP contribution >= 0.6 is 0 Å². The first-order valence-electron chi connectivity index (χ1n) is 9.30. The van der Waals surface area contributed by atoms with Gasteiger partial charge in [-0.25, -0.2) is 0 Å². The number of nitrogens with zero attached hydrogens (tertiary/aromatic N) is 1. The zero-order chi connectivity index (χ0) is 17.5. The number of aliphatic carboxylic acids is 1. The number of carboxylic acid groups (broad SMARTS) is 1. The van der Waals surface area contributed by atoms with E-state index in [2.05, 4.69) is 58.7 Å². The Morgan fingerprint density at radius 3 is 2.35 bits per heavy atom. The summed E-state index contributed by atoms with van der Waals surface area (Å²) in [4.78, 5) is 14.9. The molecular weight excluding hydrogens is 286 g/mol. The van der Waals surface area contributed by atoms with Crippen LogP contribution < -0.4 is 0 Å². The Hall–Kier alpha value is -0.830. The number of piperidine rings is 1. The van der Waals surface area contributed by atoms with Gasteiger partial charge in [-0.05, 0) is 71.3 Å². The second kappa shape index (κ2) is 6.23. The molecule has 5 atom stereocenters. The highest BCUT2D eigenvalue weighted by Gasteiger charge is 2.58. The molecule has 1 fully saturated rings. The normalized spacial score (nSPS) is 45.1. The predicted octanol–water partition coefficient (Wildman–Crippen LogP) is 4.72. The van der Waals surface area contributed by atoms with Gasteiger partial charge in [0.1, 0.15) is 0 Å². The quantitative estimate of drug-likeness (QED) is 0.761. The molecule has 0 amide bonds. The average molecular weight is 322 g/mol. The standard InChI is InChI=1S/C20H35NO2/c1-7-18(4)14-16(15(3)19(5,8-2)21(18)6)20(17(22)23)12-10-9-11-13-20/h9-10,15-16H,7-8,11-14H2,1-6H3,(H,22,23). The molecule has 0 aromatic carbocycles. The number of hydrogen-bond acceptors (Lipinski definition) is 2. The van der Waals surface area contributed by atoms with E-state index in [4.69, 9.17) is 0 Å². The summed E-state index contributed by atoms with van der Waals surface area (Å²) in [5.74, 6) is 0.0240. The van der Waals surface area contributed by atoms with Crippen LogP contribution in [0.5, 0.6) is 0 Å². The third-order valence-corrected chi connectivity index (χ3v) is 7.84. The first-order valence-corrected chi connectivity index (χ1v) is 9.30. The summed E-state index contributed by atoms with van der Waals surface area (Å²) in [5, 5.41) is 10.2. The van der Waals surface area contributed by atoms with Crippen molar-refractivity contribution in [3.8, 4) is 0 Å². The van der Waals surface area contributed by atoms with Gasteiger partial charge >= 0.3 is 5.97 Å². The highest BCUT2D eigenvalue weighted by molar-refractivity contribution is 5.75. The minimum atomic E-state index is -0.583. The van der Waals surface area contributed by atoms with Crippen molar-refractivity contribution in [2.45, 2.75) is 84.2 Å². The third-order valence-electron chi connectivity index (χ3n) is 7.84. The molecule has 132 valence electrons. The van der Waals surface area contributed by atoms with Crippen molar-refractivity contribution in [2.75, 3.05) is 7.05 Å². The Morgan fingerprint density at radius 1 is 1.26 bits per heavy atom. The van der Waals surface area contributed by atoms with Crippen LogP contribution in [0.15, 0.2) is 12.2 Å². The van der Waals surface area contributed by atoms with Gasteiger partial charge in [-0.2, -0.15) is 0 Å². The van der Waals surface area contributed by atoms with E-state index in [9.17, 15) is 9.90 Å². The van der Waals surface area contributed by atoms with Crippen LogP contribution in [0.3, 0.4) is 0 Å². The smallest absolute Gasteiger partial charge is 0.310 e. The summed E-state index contributed by atoms with van der Waals surface area (Å²) in [7, 11) is 2.24. The second-order valence-electron chi connectivity index (χ2n) is 8.40. The van der Waals surface area contributed by atoms with Crippen LogP contribution in [-0.4, -0.2) is 34.1 Å². The van der Waals surface area contributed by atoms with E-state index >= 15 is 0 Å². The number of likely N-dealkylation sites (tertiary alicyclic amines) is 1. The van der Waals surface area contributed by atoms with E-state index in [1.165, 1.54) is 0 Å². The minimum Gasteiger partial charge on any atom is -0.481 e. The van der Waals surface area contributed by atoms with Crippen LogP contribution in [-0.2, 0) is 4.79 Å². The number of hydrogen-bond donors (Lipinski definition) is 1. The van der Waals surface area contributed by atoms with Gasteiger partial charge < -0.3 is 5.11 Å². The molecule has 1 heterocycles. The van der Waals surface area contributed by atoms with Gasteiger partial charge in [-0.3, -0.25) is 9.69 Å². The van der Waals surface area contributed by atoms with Crippen LogP contribution in [0.25, 0.3) is 0 Å².